The van der Waals surface area contributed by atoms with Crippen molar-refractivity contribution in [1.29, 1.82) is 0 Å². The third-order valence-electron chi connectivity index (χ3n) is 3.65. The van der Waals surface area contributed by atoms with Crippen molar-refractivity contribution in [3.63, 3.8) is 0 Å². The number of hydrogen-bond acceptors (Lipinski definition) is 2. The van der Waals surface area contributed by atoms with Crippen LogP contribution in [-0.2, 0) is 11.2 Å². The van der Waals surface area contributed by atoms with E-state index >= 15 is 0 Å². The van der Waals surface area contributed by atoms with Gasteiger partial charge in [0.15, 0.2) is 0 Å². The number of benzene rings is 1. The predicted molar refractivity (Wildman–Crippen MR) is 100 cm³/mol. The van der Waals surface area contributed by atoms with Gasteiger partial charge in [0.05, 0.1) is 11.6 Å². The van der Waals surface area contributed by atoms with Crippen LogP contribution >= 0.6 is 0 Å². The van der Waals surface area contributed by atoms with Crippen LogP contribution in [0.25, 0.3) is 0 Å². The number of amides is 1. The molecule has 0 spiro atoms. The molecule has 2 N–H and O–H groups in total. The van der Waals surface area contributed by atoms with Gasteiger partial charge in [0.1, 0.15) is 12.4 Å². The largest absolute Gasteiger partial charge is 0.416 e. The summed E-state index contributed by atoms with van der Waals surface area (Å²) in [4.78, 5) is 12.4. The first kappa shape index (κ1) is 22.7. The van der Waals surface area contributed by atoms with E-state index in [1.807, 2.05) is 13.0 Å². The smallest absolute Gasteiger partial charge is 0.351 e. The minimum absolute atomic E-state index is 0.160. The van der Waals surface area contributed by atoms with Crippen molar-refractivity contribution in [2.75, 3.05) is 12.0 Å². The van der Waals surface area contributed by atoms with E-state index in [0.29, 0.717) is 5.69 Å². The van der Waals surface area contributed by atoms with Gasteiger partial charge in [-0.25, -0.2) is 4.39 Å². The molecule has 27 heavy (non-hydrogen) atoms. The van der Waals surface area contributed by atoms with Crippen LogP contribution in [0.15, 0.2) is 47.7 Å². The average molecular weight is 386 g/mol. The zero-order valence-corrected chi connectivity index (χ0v) is 15.8. The molecular weight excluding hydrogens is 360 g/mol. The maximum absolute atomic E-state index is 13.2. The van der Waals surface area contributed by atoms with Crippen LogP contribution in [0.2, 0.25) is 0 Å². The van der Waals surface area contributed by atoms with Crippen molar-refractivity contribution >= 4 is 11.6 Å². The minimum Gasteiger partial charge on any atom is -0.351 e. The molecule has 0 aliphatic carbocycles. The molecule has 0 aliphatic heterocycles. The molecule has 1 rings (SSSR count). The summed E-state index contributed by atoms with van der Waals surface area (Å²) in [5, 5.41) is 5.10. The standard InChI is InChI=1S/C20H26F4N2O/c1-4-7-15-9-6-10-17(11-15)26-18(19(27)25-14(3)13-21)12-16(8-5-2)20(22,23)24/h6,8-12,14,26H,4-5,7,13H2,1-3H3,(H,25,27)/b16-8-,18-12-. The van der Waals surface area contributed by atoms with Crippen molar-refractivity contribution in [2.24, 2.45) is 0 Å². The number of alkyl halides is 4. The van der Waals surface area contributed by atoms with Gasteiger partial charge >= 0.3 is 6.18 Å². The van der Waals surface area contributed by atoms with E-state index in [9.17, 15) is 22.4 Å². The average Bonchev–Trinajstić information content (AvgIpc) is 2.60. The van der Waals surface area contributed by atoms with Gasteiger partial charge in [-0.05, 0) is 43.5 Å². The van der Waals surface area contributed by atoms with Crippen LogP contribution in [-0.4, -0.2) is 24.8 Å². The number of carbonyl (C=O) groups is 1. The van der Waals surface area contributed by atoms with Gasteiger partial charge in [-0.3, -0.25) is 4.79 Å². The second-order valence-corrected chi connectivity index (χ2v) is 6.23. The Morgan fingerprint density at radius 2 is 1.96 bits per heavy atom. The molecular formula is C20H26F4N2O. The monoisotopic (exact) mass is 386 g/mol. The van der Waals surface area contributed by atoms with Crippen LogP contribution in [0.1, 0.15) is 39.2 Å². The highest BCUT2D eigenvalue weighted by molar-refractivity contribution is 5.97. The Kier molecular flexibility index (Phi) is 9.05. The lowest BCUT2D eigenvalue weighted by Gasteiger charge is -2.16. The van der Waals surface area contributed by atoms with Gasteiger partial charge in [0.2, 0.25) is 0 Å². The molecule has 0 heterocycles. The highest BCUT2D eigenvalue weighted by Crippen LogP contribution is 2.28. The van der Waals surface area contributed by atoms with E-state index in [2.05, 4.69) is 10.6 Å². The first-order chi connectivity index (χ1) is 12.7. The van der Waals surface area contributed by atoms with Gasteiger partial charge in [-0.1, -0.05) is 38.5 Å². The quantitative estimate of drug-likeness (QED) is 0.343. The molecule has 1 aromatic carbocycles. The minimum atomic E-state index is -4.60. The summed E-state index contributed by atoms with van der Waals surface area (Å²) in [6.45, 7) is 4.21. The number of allylic oxidation sites excluding steroid dienone is 3. The lowest BCUT2D eigenvalue weighted by atomic mass is 10.1. The van der Waals surface area contributed by atoms with Gasteiger partial charge in [-0.2, -0.15) is 13.2 Å². The Balaban J connectivity index is 3.25. The van der Waals surface area contributed by atoms with Gasteiger partial charge in [-0.15, -0.1) is 0 Å². The fraction of sp³-hybridized carbons (Fsp3) is 0.450. The molecule has 0 bridgehead atoms. The van der Waals surface area contributed by atoms with Crippen LogP contribution < -0.4 is 10.6 Å². The number of rotatable bonds is 9. The van der Waals surface area contributed by atoms with Crippen molar-refractivity contribution in [3.8, 4) is 0 Å². The highest BCUT2D eigenvalue weighted by Gasteiger charge is 2.32. The van der Waals surface area contributed by atoms with Gasteiger partial charge < -0.3 is 10.6 Å². The predicted octanol–water partition coefficient (Wildman–Crippen LogP) is 5.31. The molecule has 0 radical (unpaired) electrons. The lowest BCUT2D eigenvalue weighted by Crippen LogP contribution is -2.37. The Labute approximate surface area is 157 Å². The van der Waals surface area contributed by atoms with E-state index in [0.717, 1.165) is 30.6 Å². The highest BCUT2D eigenvalue weighted by atomic mass is 19.4. The number of hydrogen-bond donors (Lipinski definition) is 2. The zero-order chi connectivity index (χ0) is 20.4. The van der Waals surface area contributed by atoms with E-state index in [-0.39, 0.29) is 12.1 Å². The lowest BCUT2D eigenvalue weighted by molar-refractivity contribution is -0.118. The van der Waals surface area contributed by atoms with E-state index in [1.165, 1.54) is 6.92 Å². The molecule has 1 atom stereocenters. The molecule has 7 heteroatoms. The van der Waals surface area contributed by atoms with Crippen LogP contribution in [0, 0.1) is 0 Å². The van der Waals surface area contributed by atoms with Crippen molar-refractivity contribution in [3.05, 3.63) is 53.3 Å². The Hall–Kier alpha value is -2.31. The number of nitrogens with one attached hydrogen (secondary N) is 2. The Morgan fingerprint density at radius 3 is 2.52 bits per heavy atom. The van der Waals surface area contributed by atoms with E-state index in [1.54, 1.807) is 25.1 Å². The fourth-order valence-corrected chi connectivity index (χ4v) is 2.38. The fourth-order valence-electron chi connectivity index (χ4n) is 2.38. The zero-order valence-electron chi connectivity index (χ0n) is 15.8. The molecule has 0 fully saturated rings. The number of carbonyl (C=O) groups excluding carboxylic acids is 1. The third kappa shape index (κ3) is 7.85. The number of aryl methyl sites for hydroxylation is 1. The summed E-state index contributed by atoms with van der Waals surface area (Å²) in [7, 11) is 0. The summed E-state index contributed by atoms with van der Waals surface area (Å²) in [5.41, 5.74) is 0.272. The molecule has 0 saturated carbocycles. The van der Waals surface area contributed by atoms with Crippen LogP contribution in [0.3, 0.4) is 0 Å². The second-order valence-electron chi connectivity index (χ2n) is 6.23. The molecule has 1 amide bonds. The van der Waals surface area contributed by atoms with Crippen molar-refractivity contribution in [1.82, 2.24) is 5.32 Å². The molecule has 0 aliphatic rings. The summed E-state index contributed by atoms with van der Waals surface area (Å²) < 4.78 is 52.4. The maximum Gasteiger partial charge on any atom is 0.416 e. The Bertz CT molecular complexity index is 681. The molecule has 1 unspecified atom stereocenters. The topological polar surface area (TPSA) is 41.1 Å². The maximum atomic E-state index is 13.2. The first-order valence-corrected chi connectivity index (χ1v) is 8.93. The first-order valence-electron chi connectivity index (χ1n) is 8.93. The molecule has 0 saturated heterocycles. The van der Waals surface area contributed by atoms with Crippen LogP contribution in [0.4, 0.5) is 23.2 Å². The molecule has 3 nitrogen and oxygen atoms in total. The van der Waals surface area contributed by atoms with Crippen LogP contribution in [0.5, 0.6) is 0 Å². The Morgan fingerprint density at radius 1 is 1.26 bits per heavy atom. The van der Waals surface area contributed by atoms with E-state index in [4.69, 9.17) is 0 Å². The molecule has 0 aromatic heterocycles. The van der Waals surface area contributed by atoms with Crippen molar-refractivity contribution < 1.29 is 22.4 Å². The van der Waals surface area contributed by atoms with Crippen molar-refractivity contribution in [2.45, 2.75) is 52.3 Å². The SMILES string of the molecule is CC/C=C(/C=C(\Nc1cccc(CCC)c1)C(=O)NC(C)CF)C(F)(F)F. The summed E-state index contributed by atoms with van der Waals surface area (Å²) in [6, 6.07) is 6.30. The summed E-state index contributed by atoms with van der Waals surface area (Å²) in [6.07, 6.45) is -0.954. The summed E-state index contributed by atoms with van der Waals surface area (Å²) >= 11 is 0. The van der Waals surface area contributed by atoms with Gasteiger partial charge in [0.25, 0.3) is 5.91 Å². The molecule has 1 aromatic rings. The molecule has 150 valence electrons. The summed E-state index contributed by atoms with van der Waals surface area (Å²) in [5.74, 6) is -0.799. The van der Waals surface area contributed by atoms with Gasteiger partial charge in [0, 0.05) is 5.69 Å². The van der Waals surface area contributed by atoms with E-state index < -0.39 is 30.4 Å². The third-order valence-corrected chi connectivity index (χ3v) is 3.65. The number of halogens is 4. The second kappa shape index (κ2) is 10.7. The number of anilines is 1. The normalized spacial score (nSPS) is 14.0.